The van der Waals surface area contributed by atoms with Gasteiger partial charge in [-0.1, -0.05) is 0 Å². The van der Waals surface area contributed by atoms with Gasteiger partial charge >= 0.3 is 0 Å². The zero-order valence-corrected chi connectivity index (χ0v) is 8.23. The van der Waals surface area contributed by atoms with E-state index in [0.29, 0.717) is 23.5 Å². The fourth-order valence-electron chi connectivity index (χ4n) is 1.13. The highest BCUT2D eigenvalue weighted by Crippen LogP contribution is 2.24. The van der Waals surface area contributed by atoms with Crippen molar-refractivity contribution in [3.63, 3.8) is 0 Å². The van der Waals surface area contributed by atoms with Gasteiger partial charge in [0.15, 0.2) is 0 Å². The fraction of sp³-hybridized carbons (Fsp3) is 0.400. The van der Waals surface area contributed by atoms with Crippen LogP contribution in [0.1, 0.15) is 13.3 Å². The first-order valence-corrected chi connectivity index (χ1v) is 4.56. The Morgan fingerprint density at radius 2 is 2.14 bits per heavy atom. The largest absolute Gasteiger partial charge is 0.488 e. The molecule has 0 bridgehead atoms. The van der Waals surface area contributed by atoms with Gasteiger partial charge in [-0.2, -0.15) is 0 Å². The summed E-state index contributed by atoms with van der Waals surface area (Å²) in [6.45, 7) is 1.99. The molecule has 0 aliphatic heterocycles. The normalized spacial score (nSPS) is 12.4. The van der Waals surface area contributed by atoms with E-state index in [4.69, 9.17) is 21.3 Å². The molecule has 1 aromatic carbocycles. The van der Waals surface area contributed by atoms with Gasteiger partial charge in [0, 0.05) is 18.7 Å². The van der Waals surface area contributed by atoms with Crippen molar-refractivity contribution in [2.75, 3.05) is 18.1 Å². The molecule has 0 amide bonds. The topological polar surface area (TPSA) is 81.5 Å². The third-order valence-corrected chi connectivity index (χ3v) is 1.90. The number of anilines is 2. The molecule has 0 spiro atoms. The van der Waals surface area contributed by atoms with Crippen molar-refractivity contribution in [1.82, 2.24) is 0 Å². The summed E-state index contributed by atoms with van der Waals surface area (Å²) in [6.07, 6.45) is 0.537. The SMILES string of the molecule is CC(CCO)Oc1ccc(N)cc1N. The maximum absolute atomic E-state index is 8.70. The van der Waals surface area contributed by atoms with Gasteiger partial charge in [0.25, 0.3) is 0 Å². The van der Waals surface area contributed by atoms with Crippen LogP contribution in [0.15, 0.2) is 18.2 Å². The molecule has 0 saturated heterocycles. The molecule has 78 valence electrons. The number of nitrogen functional groups attached to an aromatic ring is 2. The predicted molar refractivity (Wildman–Crippen MR) is 57.1 cm³/mol. The molecule has 1 rings (SSSR count). The highest BCUT2D eigenvalue weighted by Gasteiger charge is 2.06. The van der Waals surface area contributed by atoms with E-state index in [1.807, 2.05) is 6.92 Å². The first-order chi connectivity index (χ1) is 6.63. The van der Waals surface area contributed by atoms with E-state index in [2.05, 4.69) is 0 Å². The summed E-state index contributed by atoms with van der Waals surface area (Å²) in [7, 11) is 0. The molecule has 0 aromatic heterocycles. The van der Waals surface area contributed by atoms with Gasteiger partial charge in [-0.15, -0.1) is 0 Å². The highest BCUT2D eigenvalue weighted by atomic mass is 16.5. The molecule has 0 aliphatic carbocycles. The maximum Gasteiger partial charge on any atom is 0.142 e. The molecule has 4 nitrogen and oxygen atoms in total. The fourth-order valence-corrected chi connectivity index (χ4v) is 1.13. The van der Waals surface area contributed by atoms with Crippen LogP contribution in [-0.4, -0.2) is 17.8 Å². The van der Waals surface area contributed by atoms with Crippen LogP contribution in [0, 0.1) is 0 Å². The van der Waals surface area contributed by atoms with Gasteiger partial charge in [-0.3, -0.25) is 0 Å². The van der Waals surface area contributed by atoms with Crippen molar-refractivity contribution in [2.45, 2.75) is 19.4 Å². The van der Waals surface area contributed by atoms with Crippen LogP contribution in [0.3, 0.4) is 0 Å². The van der Waals surface area contributed by atoms with Crippen LogP contribution < -0.4 is 16.2 Å². The second-order valence-electron chi connectivity index (χ2n) is 3.24. The van der Waals surface area contributed by atoms with E-state index < -0.39 is 0 Å². The van der Waals surface area contributed by atoms with Gasteiger partial charge in [-0.25, -0.2) is 0 Å². The summed E-state index contributed by atoms with van der Waals surface area (Å²) in [5.41, 5.74) is 12.4. The summed E-state index contributed by atoms with van der Waals surface area (Å²) in [5, 5.41) is 8.70. The predicted octanol–water partition coefficient (Wildman–Crippen LogP) is 1.00. The number of aliphatic hydroxyl groups excluding tert-OH is 1. The lowest BCUT2D eigenvalue weighted by Gasteiger charge is -2.15. The standard InChI is InChI=1S/C10H16N2O2/c1-7(4-5-13)14-10-3-2-8(11)6-9(10)12/h2-3,6-7,13H,4-5,11-12H2,1H3. The van der Waals surface area contributed by atoms with Crippen LogP contribution in [0.5, 0.6) is 5.75 Å². The van der Waals surface area contributed by atoms with Crippen molar-refractivity contribution >= 4 is 11.4 Å². The molecule has 0 fully saturated rings. The Morgan fingerprint density at radius 1 is 1.43 bits per heavy atom. The zero-order valence-electron chi connectivity index (χ0n) is 8.23. The molecule has 4 heteroatoms. The summed E-state index contributed by atoms with van der Waals surface area (Å²) < 4.78 is 5.50. The molecule has 0 radical (unpaired) electrons. The third-order valence-electron chi connectivity index (χ3n) is 1.90. The third kappa shape index (κ3) is 2.81. The minimum atomic E-state index is -0.0501. The Hall–Kier alpha value is -1.42. The quantitative estimate of drug-likeness (QED) is 0.627. The minimum Gasteiger partial charge on any atom is -0.488 e. The van der Waals surface area contributed by atoms with Crippen LogP contribution >= 0.6 is 0 Å². The van der Waals surface area contributed by atoms with Gasteiger partial charge in [0.2, 0.25) is 0 Å². The van der Waals surface area contributed by atoms with Crippen molar-refractivity contribution in [2.24, 2.45) is 0 Å². The lowest BCUT2D eigenvalue weighted by atomic mass is 10.2. The Balaban J connectivity index is 2.67. The van der Waals surface area contributed by atoms with E-state index in [1.54, 1.807) is 18.2 Å². The molecular formula is C10H16N2O2. The van der Waals surface area contributed by atoms with Gasteiger partial charge in [-0.05, 0) is 25.1 Å². The van der Waals surface area contributed by atoms with Crippen LogP contribution in [0.4, 0.5) is 11.4 Å². The number of rotatable bonds is 4. The Morgan fingerprint density at radius 3 is 2.71 bits per heavy atom. The first kappa shape index (κ1) is 10.7. The number of hydrogen-bond acceptors (Lipinski definition) is 4. The molecule has 1 unspecified atom stereocenters. The summed E-state index contributed by atoms with van der Waals surface area (Å²) in [5.74, 6) is 0.611. The van der Waals surface area contributed by atoms with Gasteiger partial charge < -0.3 is 21.3 Å². The van der Waals surface area contributed by atoms with Gasteiger partial charge in [0.1, 0.15) is 5.75 Å². The summed E-state index contributed by atoms with van der Waals surface area (Å²) in [4.78, 5) is 0. The monoisotopic (exact) mass is 196 g/mol. The molecule has 0 aliphatic rings. The molecular weight excluding hydrogens is 180 g/mol. The molecule has 14 heavy (non-hydrogen) atoms. The smallest absolute Gasteiger partial charge is 0.142 e. The van der Waals surface area contributed by atoms with E-state index in [-0.39, 0.29) is 12.7 Å². The van der Waals surface area contributed by atoms with Gasteiger partial charge in [0.05, 0.1) is 11.8 Å². The lowest BCUT2D eigenvalue weighted by Crippen LogP contribution is -2.14. The molecule has 1 aromatic rings. The van der Waals surface area contributed by atoms with E-state index >= 15 is 0 Å². The summed E-state index contributed by atoms with van der Waals surface area (Å²) in [6, 6.07) is 5.12. The molecule has 5 N–H and O–H groups in total. The highest BCUT2D eigenvalue weighted by molar-refractivity contribution is 5.60. The second kappa shape index (κ2) is 4.72. The number of aliphatic hydroxyl groups is 1. The Kier molecular flexibility index (Phi) is 3.59. The average Bonchev–Trinajstić information content (AvgIpc) is 2.10. The average molecular weight is 196 g/mol. The molecule has 1 atom stereocenters. The van der Waals surface area contributed by atoms with Crippen molar-refractivity contribution < 1.29 is 9.84 Å². The minimum absolute atomic E-state index is 0.0501. The molecule has 0 saturated carbocycles. The van der Waals surface area contributed by atoms with Crippen molar-refractivity contribution in [1.29, 1.82) is 0 Å². The number of ether oxygens (including phenoxy) is 1. The number of hydrogen-bond donors (Lipinski definition) is 3. The first-order valence-electron chi connectivity index (χ1n) is 4.56. The Bertz CT molecular complexity index is 302. The molecule has 0 heterocycles. The van der Waals surface area contributed by atoms with E-state index in [1.165, 1.54) is 0 Å². The van der Waals surface area contributed by atoms with E-state index in [0.717, 1.165) is 0 Å². The summed E-state index contributed by atoms with van der Waals surface area (Å²) >= 11 is 0. The second-order valence-corrected chi connectivity index (χ2v) is 3.24. The lowest BCUT2D eigenvalue weighted by molar-refractivity contribution is 0.169. The van der Waals surface area contributed by atoms with Crippen LogP contribution in [0.2, 0.25) is 0 Å². The maximum atomic E-state index is 8.70. The van der Waals surface area contributed by atoms with E-state index in [9.17, 15) is 0 Å². The zero-order chi connectivity index (χ0) is 10.6. The van der Waals surface area contributed by atoms with Crippen molar-refractivity contribution in [3.8, 4) is 5.75 Å². The van der Waals surface area contributed by atoms with Crippen LogP contribution in [-0.2, 0) is 0 Å². The number of nitrogens with two attached hydrogens (primary N) is 2. The Labute approximate surface area is 83.5 Å². The van der Waals surface area contributed by atoms with Crippen LogP contribution in [0.25, 0.3) is 0 Å². The number of benzene rings is 1. The van der Waals surface area contributed by atoms with Crippen molar-refractivity contribution in [3.05, 3.63) is 18.2 Å².